The summed E-state index contributed by atoms with van der Waals surface area (Å²) in [5.41, 5.74) is 8.35. The minimum atomic E-state index is 0. The highest BCUT2D eigenvalue weighted by Gasteiger charge is 2.08. The van der Waals surface area contributed by atoms with Crippen LogP contribution in [0.25, 0.3) is 6.08 Å². The Labute approximate surface area is 166 Å². The van der Waals surface area contributed by atoms with E-state index in [4.69, 9.17) is 20.6 Å². The molecule has 0 aliphatic rings. The van der Waals surface area contributed by atoms with Crippen molar-refractivity contribution in [2.24, 2.45) is 5.73 Å². The highest BCUT2D eigenvalue weighted by Crippen LogP contribution is 2.29. The SMILES string of the molecule is CNC(=N)c1ccc(OC)c(OCc2ccc(C=CCN)cc2)c1.Cl.Cl. The molecule has 0 saturated carbocycles. The number of hydrogen-bond donors (Lipinski definition) is 3. The van der Waals surface area contributed by atoms with Crippen molar-refractivity contribution in [3.05, 3.63) is 65.2 Å². The molecule has 0 bridgehead atoms. The van der Waals surface area contributed by atoms with E-state index < -0.39 is 0 Å². The third-order valence-electron chi connectivity index (χ3n) is 3.52. The molecule has 26 heavy (non-hydrogen) atoms. The lowest BCUT2D eigenvalue weighted by molar-refractivity contribution is 0.284. The predicted molar refractivity (Wildman–Crippen MR) is 112 cm³/mol. The van der Waals surface area contributed by atoms with Gasteiger partial charge in [-0.05, 0) is 29.3 Å². The van der Waals surface area contributed by atoms with Gasteiger partial charge in [0.05, 0.1) is 7.11 Å². The van der Waals surface area contributed by atoms with Crippen molar-refractivity contribution in [1.29, 1.82) is 5.41 Å². The van der Waals surface area contributed by atoms with E-state index in [-0.39, 0.29) is 24.8 Å². The van der Waals surface area contributed by atoms with Gasteiger partial charge in [-0.25, -0.2) is 0 Å². The first kappa shape index (κ1) is 23.8. The molecular formula is C19H25Cl2N3O2. The van der Waals surface area contributed by atoms with Crippen LogP contribution in [0.2, 0.25) is 0 Å². The Morgan fingerprint density at radius 3 is 2.38 bits per heavy atom. The molecule has 0 aliphatic carbocycles. The van der Waals surface area contributed by atoms with Crippen molar-refractivity contribution in [2.75, 3.05) is 20.7 Å². The molecule has 2 aromatic rings. The van der Waals surface area contributed by atoms with E-state index in [1.165, 1.54) is 0 Å². The number of hydrogen-bond acceptors (Lipinski definition) is 4. The maximum Gasteiger partial charge on any atom is 0.162 e. The van der Waals surface area contributed by atoms with Crippen molar-refractivity contribution >= 4 is 36.7 Å². The van der Waals surface area contributed by atoms with Gasteiger partial charge < -0.3 is 20.5 Å². The zero-order chi connectivity index (χ0) is 17.4. The van der Waals surface area contributed by atoms with E-state index in [0.717, 1.165) is 16.7 Å². The molecule has 2 aromatic carbocycles. The van der Waals surface area contributed by atoms with Gasteiger partial charge in [0.25, 0.3) is 0 Å². The standard InChI is InChI=1S/C19H23N3O2.2ClH/c1-22-19(21)16-9-10-17(23-2)18(12-16)24-13-15-7-5-14(6-8-15)4-3-11-20;;/h3-10,12H,11,13,20H2,1-2H3,(H2,21,22);2*1H. The molecule has 7 heteroatoms. The molecule has 0 radical (unpaired) electrons. The first-order valence-electron chi connectivity index (χ1n) is 7.71. The summed E-state index contributed by atoms with van der Waals surface area (Å²) in [6.45, 7) is 0.955. The summed E-state index contributed by atoms with van der Waals surface area (Å²) >= 11 is 0. The summed E-state index contributed by atoms with van der Waals surface area (Å²) in [7, 11) is 3.32. The lowest BCUT2D eigenvalue weighted by Crippen LogP contribution is -2.17. The topological polar surface area (TPSA) is 80.4 Å². The molecule has 0 fully saturated rings. The summed E-state index contributed by atoms with van der Waals surface area (Å²) in [6, 6.07) is 13.5. The lowest BCUT2D eigenvalue weighted by atomic mass is 10.1. The average molecular weight is 398 g/mol. The number of amidine groups is 1. The minimum absolute atomic E-state index is 0. The average Bonchev–Trinajstić information content (AvgIpc) is 2.64. The Morgan fingerprint density at radius 2 is 1.81 bits per heavy atom. The number of benzene rings is 2. The fraction of sp³-hybridized carbons (Fsp3) is 0.211. The quantitative estimate of drug-likeness (QED) is 0.492. The third-order valence-corrected chi connectivity index (χ3v) is 3.52. The van der Waals surface area contributed by atoms with E-state index in [9.17, 15) is 0 Å². The van der Waals surface area contributed by atoms with Crippen molar-refractivity contribution in [1.82, 2.24) is 5.32 Å². The van der Waals surface area contributed by atoms with Gasteiger partial charge in [0.2, 0.25) is 0 Å². The molecule has 0 unspecified atom stereocenters. The fourth-order valence-corrected chi connectivity index (χ4v) is 2.18. The summed E-state index contributed by atoms with van der Waals surface area (Å²) in [5.74, 6) is 1.59. The van der Waals surface area contributed by atoms with E-state index >= 15 is 0 Å². The maximum absolute atomic E-state index is 7.86. The number of nitrogens with one attached hydrogen (secondary N) is 2. The van der Waals surface area contributed by atoms with Crippen molar-refractivity contribution in [3.8, 4) is 11.5 Å². The van der Waals surface area contributed by atoms with Crippen LogP contribution < -0.4 is 20.5 Å². The van der Waals surface area contributed by atoms with Gasteiger partial charge in [-0.1, -0.05) is 36.4 Å². The predicted octanol–water partition coefficient (Wildman–Crippen LogP) is 3.63. The Kier molecular flexibility index (Phi) is 11.2. The van der Waals surface area contributed by atoms with Crippen molar-refractivity contribution in [2.45, 2.75) is 6.61 Å². The van der Waals surface area contributed by atoms with Gasteiger partial charge >= 0.3 is 0 Å². The van der Waals surface area contributed by atoms with Crippen LogP contribution in [0.15, 0.2) is 48.5 Å². The molecule has 0 heterocycles. The monoisotopic (exact) mass is 397 g/mol. The Bertz CT molecular complexity index is 719. The van der Waals surface area contributed by atoms with Crippen LogP contribution in [0.1, 0.15) is 16.7 Å². The highest BCUT2D eigenvalue weighted by molar-refractivity contribution is 5.96. The fourth-order valence-electron chi connectivity index (χ4n) is 2.18. The molecule has 142 valence electrons. The van der Waals surface area contributed by atoms with E-state index in [2.05, 4.69) is 5.32 Å². The second-order valence-corrected chi connectivity index (χ2v) is 5.16. The zero-order valence-electron chi connectivity index (χ0n) is 14.8. The first-order valence-corrected chi connectivity index (χ1v) is 7.71. The number of nitrogens with two attached hydrogens (primary N) is 1. The van der Waals surface area contributed by atoms with Crippen molar-refractivity contribution in [3.63, 3.8) is 0 Å². The highest BCUT2D eigenvalue weighted by atomic mass is 35.5. The van der Waals surface area contributed by atoms with Crippen LogP contribution in [-0.2, 0) is 6.61 Å². The zero-order valence-corrected chi connectivity index (χ0v) is 16.5. The van der Waals surface area contributed by atoms with Crippen LogP contribution in [0.4, 0.5) is 0 Å². The normalized spacial score (nSPS) is 9.81. The lowest BCUT2D eigenvalue weighted by Gasteiger charge is -2.13. The first-order chi connectivity index (χ1) is 11.7. The molecule has 2 rings (SSSR count). The summed E-state index contributed by atoms with van der Waals surface area (Å²) in [4.78, 5) is 0. The molecule has 0 aromatic heterocycles. The molecule has 4 N–H and O–H groups in total. The van der Waals surface area contributed by atoms with Gasteiger partial charge in [-0.15, -0.1) is 24.8 Å². The molecular weight excluding hydrogens is 373 g/mol. The Morgan fingerprint density at radius 1 is 1.12 bits per heavy atom. The van der Waals surface area contributed by atoms with Crippen molar-refractivity contribution < 1.29 is 9.47 Å². The molecule has 0 spiro atoms. The van der Waals surface area contributed by atoms with Crippen LogP contribution in [0.5, 0.6) is 11.5 Å². The number of methoxy groups -OCH3 is 1. The van der Waals surface area contributed by atoms with Gasteiger partial charge in [0, 0.05) is 19.2 Å². The van der Waals surface area contributed by atoms with Crippen LogP contribution >= 0.6 is 24.8 Å². The molecule has 0 aliphatic heterocycles. The summed E-state index contributed by atoms with van der Waals surface area (Å²) < 4.78 is 11.2. The van der Waals surface area contributed by atoms with Crippen LogP contribution in [0.3, 0.4) is 0 Å². The van der Waals surface area contributed by atoms with Gasteiger partial charge in [0.15, 0.2) is 11.5 Å². The molecule has 0 atom stereocenters. The van der Waals surface area contributed by atoms with E-state index in [0.29, 0.717) is 30.5 Å². The number of rotatable bonds is 7. The van der Waals surface area contributed by atoms with E-state index in [1.807, 2.05) is 42.5 Å². The Balaban J connectivity index is 0.00000312. The summed E-state index contributed by atoms with van der Waals surface area (Å²) in [6.07, 6.45) is 3.90. The van der Waals surface area contributed by atoms with E-state index in [1.54, 1.807) is 26.3 Å². The van der Waals surface area contributed by atoms with Gasteiger partial charge in [-0.2, -0.15) is 0 Å². The summed E-state index contributed by atoms with van der Waals surface area (Å²) in [5, 5.41) is 10.7. The second kappa shape index (κ2) is 12.2. The smallest absolute Gasteiger partial charge is 0.162 e. The third kappa shape index (κ3) is 6.59. The number of halogens is 2. The van der Waals surface area contributed by atoms with Gasteiger partial charge in [0.1, 0.15) is 12.4 Å². The van der Waals surface area contributed by atoms with Crippen LogP contribution in [0, 0.1) is 5.41 Å². The molecule has 0 amide bonds. The number of ether oxygens (including phenoxy) is 2. The second-order valence-electron chi connectivity index (χ2n) is 5.16. The van der Waals surface area contributed by atoms with Gasteiger partial charge in [-0.3, -0.25) is 5.41 Å². The molecule has 0 saturated heterocycles. The maximum atomic E-state index is 7.86. The minimum Gasteiger partial charge on any atom is -0.493 e. The molecule has 5 nitrogen and oxygen atoms in total. The largest absolute Gasteiger partial charge is 0.493 e. The Hall–Kier alpha value is -2.21. The van der Waals surface area contributed by atoms with Crippen LogP contribution in [-0.4, -0.2) is 26.5 Å².